The first kappa shape index (κ1) is 9.72. The Morgan fingerprint density at radius 1 is 1.00 bits per heavy atom. The van der Waals surface area contributed by atoms with Gasteiger partial charge in [-0.3, -0.25) is 0 Å². The first-order chi connectivity index (χ1) is 6.83. The molecule has 0 aliphatic rings. The van der Waals surface area contributed by atoms with Gasteiger partial charge in [0.15, 0.2) is 0 Å². The summed E-state index contributed by atoms with van der Waals surface area (Å²) in [6.07, 6.45) is 2.36. The molecule has 0 atom stereocenters. The van der Waals surface area contributed by atoms with Gasteiger partial charge in [0.2, 0.25) is 0 Å². The first-order valence-electron chi connectivity index (χ1n) is 4.99. The van der Waals surface area contributed by atoms with E-state index in [0.29, 0.717) is 0 Å². The largest absolute Gasteiger partial charge is 0.0651 e. The Labute approximate surface area is 93.1 Å². The second kappa shape index (κ2) is 4.14. The van der Waals surface area contributed by atoms with Gasteiger partial charge in [-0.2, -0.15) is 0 Å². The molecule has 0 heterocycles. The van der Waals surface area contributed by atoms with Gasteiger partial charge in [0.05, 0.1) is 0 Å². The third kappa shape index (κ3) is 1.69. The third-order valence-electron chi connectivity index (χ3n) is 2.48. The fourth-order valence-corrected chi connectivity index (χ4v) is 2.29. The number of halogens is 1. The summed E-state index contributed by atoms with van der Waals surface area (Å²) < 4.78 is 1.19. The highest BCUT2D eigenvalue weighted by Crippen LogP contribution is 2.27. The minimum absolute atomic E-state index is 1.16. The molecule has 72 valence electrons. The zero-order valence-corrected chi connectivity index (χ0v) is 9.84. The van der Waals surface area contributed by atoms with E-state index in [0.717, 1.165) is 6.42 Å². The molecule has 0 aromatic heterocycles. The van der Waals surface area contributed by atoms with Crippen LogP contribution in [0.5, 0.6) is 0 Å². The van der Waals surface area contributed by atoms with Gasteiger partial charge in [0, 0.05) is 4.47 Å². The van der Waals surface area contributed by atoms with E-state index < -0.39 is 0 Å². The van der Waals surface area contributed by atoms with E-state index in [2.05, 4.69) is 59.3 Å². The molecule has 0 nitrogen and oxygen atoms in total. The standard InChI is InChI=1S/C13H13Br/c1-2-5-10-8-9-13(14)12-7-4-3-6-11(10)12/h3-4,6-9H,2,5H2,1H3. The van der Waals surface area contributed by atoms with Crippen LogP contribution in [0.1, 0.15) is 18.9 Å². The van der Waals surface area contributed by atoms with Crippen LogP contribution >= 0.6 is 15.9 Å². The molecule has 0 radical (unpaired) electrons. The molecule has 0 amide bonds. The van der Waals surface area contributed by atoms with Crippen LogP contribution in [-0.4, -0.2) is 0 Å². The summed E-state index contributed by atoms with van der Waals surface area (Å²) in [6, 6.07) is 12.9. The van der Waals surface area contributed by atoms with Crippen LogP contribution < -0.4 is 0 Å². The number of hydrogen-bond acceptors (Lipinski definition) is 0. The summed E-state index contributed by atoms with van der Waals surface area (Å²) in [4.78, 5) is 0. The Balaban J connectivity index is 2.68. The quantitative estimate of drug-likeness (QED) is 0.732. The Bertz CT molecular complexity index is 446. The van der Waals surface area contributed by atoms with Gasteiger partial charge in [-0.25, -0.2) is 0 Å². The molecule has 0 unspecified atom stereocenters. The molecule has 0 fully saturated rings. The smallest absolute Gasteiger partial charge is 0.0253 e. The molecule has 0 aliphatic heterocycles. The Hall–Kier alpha value is -0.820. The van der Waals surface area contributed by atoms with Crippen molar-refractivity contribution in [2.24, 2.45) is 0 Å². The van der Waals surface area contributed by atoms with Crippen LogP contribution in [0.25, 0.3) is 10.8 Å². The summed E-state index contributed by atoms with van der Waals surface area (Å²) in [5, 5.41) is 2.70. The molecule has 2 aromatic carbocycles. The van der Waals surface area contributed by atoms with Crippen LogP contribution in [0.4, 0.5) is 0 Å². The van der Waals surface area contributed by atoms with Crippen molar-refractivity contribution in [3.63, 3.8) is 0 Å². The maximum absolute atomic E-state index is 3.58. The summed E-state index contributed by atoms with van der Waals surface area (Å²) >= 11 is 3.58. The van der Waals surface area contributed by atoms with E-state index in [1.165, 1.54) is 27.2 Å². The highest BCUT2D eigenvalue weighted by atomic mass is 79.9. The Morgan fingerprint density at radius 2 is 1.71 bits per heavy atom. The molecule has 1 heteroatoms. The molecule has 2 aromatic rings. The predicted molar refractivity (Wildman–Crippen MR) is 65.6 cm³/mol. The molecule has 0 bridgehead atoms. The average molecular weight is 249 g/mol. The van der Waals surface area contributed by atoms with Crippen molar-refractivity contribution in [1.29, 1.82) is 0 Å². The third-order valence-corrected chi connectivity index (χ3v) is 3.17. The van der Waals surface area contributed by atoms with Gasteiger partial charge in [-0.05, 0) is 28.8 Å². The first-order valence-corrected chi connectivity index (χ1v) is 5.78. The normalized spacial score (nSPS) is 10.7. The van der Waals surface area contributed by atoms with E-state index in [1.807, 2.05) is 0 Å². The number of hydrogen-bond donors (Lipinski definition) is 0. The van der Waals surface area contributed by atoms with Gasteiger partial charge in [-0.1, -0.05) is 59.6 Å². The SMILES string of the molecule is CCCc1ccc(Br)c2ccccc12. The van der Waals surface area contributed by atoms with Gasteiger partial charge < -0.3 is 0 Å². The Morgan fingerprint density at radius 3 is 2.43 bits per heavy atom. The van der Waals surface area contributed by atoms with Gasteiger partial charge in [0.25, 0.3) is 0 Å². The monoisotopic (exact) mass is 248 g/mol. The van der Waals surface area contributed by atoms with Crippen molar-refractivity contribution in [2.45, 2.75) is 19.8 Å². The Kier molecular flexibility index (Phi) is 2.87. The van der Waals surface area contributed by atoms with Gasteiger partial charge in [0.1, 0.15) is 0 Å². The summed E-state index contributed by atoms with van der Waals surface area (Å²) in [7, 11) is 0. The molecular weight excluding hydrogens is 236 g/mol. The highest BCUT2D eigenvalue weighted by molar-refractivity contribution is 9.10. The lowest BCUT2D eigenvalue weighted by Gasteiger charge is -2.06. The van der Waals surface area contributed by atoms with Crippen molar-refractivity contribution >= 4 is 26.7 Å². The summed E-state index contributed by atoms with van der Waals surface area (Å²) in [5.74, 6) is 0. The van der Waals surface area contributed by atoms with Crippen LogP contribution in [0.2, 0.25) is 0 Å². The zero-order valence-electron chi connectivity index (χ0n) is 8.26. The predicted octanol–water partition coefficient (Wildman–Crippen LogP) is 4.55. The van der Waals surface area contributed by atoms with Crippen molar-refractivity contribution in [2.75, 3.05) is 0 Å². The van der Waals surface area contributed by atoms with Crippen molar-refractivity contribution in [1.82, 2.24) is 0 Å². The topological polar surface area (TPSA) is 0 Å². The van der Waals surface area contributed by atoms with E-state index in [4.69, 9.17) is 0 Å². The molecular formula is C13H13Br. The van der Waals surface area contributed by atoms with E-state index in [-0.39, 0.29) is 0 Å². The fraction of sp³-hybridized carbons (Fsp3) is 0.231. The van der Waals surface area contributed by atoms with Crippen LogP contribution in [-0.2, 0) is 6.42 Å². The molecule has 0 saturated heterocycles. The summed E-state index contributed by atoms with van der Waals surface area (Å²) in [5.41, 5.74) is 1.45. The highest BCUT2D eigenvalue weighted by Gasteiger charge is 2.02. The number of benzene rings is 2. The molecule has 0 saturated carbocycles. The van der Waals surface area contributed by atoms with Gasteiger partial charge in [-0.15, -0.1) is 0 Å². The lowest BCUT2D eigenvalue weighted by molar-refractivity contribution is 0.929. The summed E-state index contributed by atoms with van der Waals surface area (Å²) in [6.45, 7) is 2.22. The maximum atomic E-state index is 3.58. The van der Waals surface area contributed by atoms with Crippen molar-refractivity contribution < 1.29 is 0 Å². The lowest BCUT2D eigenvalue weighted by Crippen LogP contribution is -1.86. The lowest BCUT2D eigenvalue weighted by atomic mass is 10.0. The molecule has 0 aliphatic carbocycles. The fourth-order valence-electron chi connectivity index (χ4n) is 1.81. The zero-order chi connectivity index (χ0) is 9.97. The molecule has 2 rings (SSSR count). The molecule has 0 spiro atoms. The maximum Gasteiger partial charge on any atom is 0.0253 e. The van der Waals surface area contributed by atoms with Crippen LogP contribution in [0.3, 0.4) is 0 Å². The van der Waals surface area contributed by atoms with Crippen LogP contribution in [0.15, 0.2) is 40.9 Å². The van der Waals surface area contributed by atoms with Crippen molar-refractivity contribution in [3.05, 3.63) is 46.4 Å². The second-order valence-corrected chi connectivity index (χ2v) is 4.36. The number of rotatable bonds is 2. The minimum atomic E-state index is 1.16. The van der Waals surface area contributed by atoms with E-state index in [9.17, 15) is 0 Å². The number of aryl methyl sites for hydroxylation is 1. The van der Waals surface area contributed by atoms with E-state index >= 15 is 0 Å². The van der Waals surface area contributed by atoms with E-state index in [1.54, 1.807) is 0 Å². The molecule has 14 heavy (non-hydrogen) atoms. The van der Waals surface area contributed by atoms with Crippen LogP contribution in [0, 0.1) is 0 Å². The second-order valence-electron chi connectivity index (χ2n) is 3.50. The minimum Gasteiger partial charge on any atom is -0.0651 e. The van der Waals surface area contributed by atoms with Crippen molar-refractivity contribution in [3.8, 4) is 0 Å². The average Bonchev–Trinajstić information content (AvgIpc) is 2.23. The number of fused-ring (bicyclic) bond motifs is 1. The molecule has 0 N–H and O–H groups in total. The van der Waals surface area contributed by atoms with Gasteiger partial charge >= 0.3 is 0 Å².